The van der Waals surface area contributed by atoms with Crippen LogP contribution in [0.4, 0.5) is 0 Å². The van der Waals surface area contributed by atoms with Crippen LogP contribution in [0.15, 0.2) is 127 Å². The number of aliphatic hydroxyl groups excluding tert-OH is 5. The Balaban J connectivity index is 1.00. The van der Waals surface area contributed by atoms with Crippen molar-refractivity contribution in [1.82, 2.24) is 0 Å². The van der Waals surface area contributed by atoms with Crippen LogP contribution in [-0.4, -0.2) is 158 Å². The van der Waals surface area contributed by atoms with E-state index in [4.69, 9.17) is 23.7 Å². The Morgan fingerprint density at radius 2 is 0.467 bits per heavy atom. The largest absolute Gasteiger partial charge is 0.508 e. The highest BCUT2D eigenvalue weighted by atomic mass is 16.5. The molecule has 0 aliphatic carbocycles. The summed E-state index contributed by atoms with van der Waals surface area (Å²) in [7, 11) is 0. The molecule has 15 rings (SSSR count). The molecule has 0 bridgehead atoms. The molecule has 5 heterocycles. The molecule has 0 saturated carbocycles. The zero-order valence-electron chi connectivity index (χ0n) is 53.6. The van der Waals surface area contributed by atoms with Crippen LogP contribution in [0.2, 0.25) is 0 Å². The normalized spacial score (nSPS) is 24.2. The van der Waals surface area contributed by atoms with Gasteiger partial charge >= 0.3 is 0 Å². The molecule has 105 heavy (non-hydrogen) atoms. The van der Waals surface area contributed by atoms with Gasteiger partial charge in [-0.2, -0.15) is 0 Å². The summed E-state index contributed by atoms with van der Waals surface area (Å²) in [5, 5.41) is 294. The van der Waals surface area contributed by atoms with E-state index in [0.29, 0.717) is 18.2 Å². The Labute approximate surface area is 589 Å². The van der Waals surface area contributed by atoms with E-state index in [9.17, 15) is 128 Å². The number of hydrogen-bond acceptors (Lipinski definition) is 30. The molecule has 0 fully saturated rings. The molecular formula is C75H62O30. The van der Waals surface area contributed by atoms with Crippen molar-refractivity contribution < 1.29 is 151 Å². The lowest BCUT2D eigenvalue weighted by Crippen LogP contribution is -2.40. The van der Waals surface area contributed by atoms with Crippen LogP contribution in [-0.2, 0) is 6.42 Å². The number of phenolic OH excluding ortho intramolecular Hbond substituents is 20. The van der Waals surface area contributed by atoms with E-state index < -0.39 is 268 Å². The van der Waals surface area contributed by atoms with Crippen molar-refractivity contribution in [2.75, 3.05) is 0 Å². The molecule has 5 aliphatic rings. The lowest BCUT2D eigenvalue weighted by atomic mass is 9.71. The number of rotatable bonds is 9. The maximum absolute atomic E-state index is 13.4. The second-order valence-electron chi connectivity index (χ2n) is 26.3. The Morgan fingerprint density at radius 1 is 0.219 bits per heavy atom. The van der Waals surface area contributed by atoms with Crippen LogP contribution in [0, 0.1) is 0 Å². The van der Waals surface area contributed by atoms with Crippen molar-refractivity contribution in [3.8, 4) is 144 Å². The van der Waals surface area contributed by atoms with Crippen LogP contribution < -0.4 is 23.7 Å². The number of ether oxygens (including phenoxy) is 5. The molecule has 1 unspecified atom stereocenters. The topological polar surface area (TPSA) is 552 Å². The van der Waals surface area contributed by atoms with Crippen molar-refractivity contribution in [1.29, 1.82) is 0 Å². The average Bonchev–Trinajstić information content (AvgIpc) is 0.718. The molecular weight excluding hydrogens is 1380 g/mol. The van der Waals surface area contributed by atoms with Gasteiger partial charge in [0.1, 0.15) is 117 Å². The zero-order valence-corrected chi connectivity index (χ0v) is 53.6. The number of aromatic hydroxyl groups is 20. The minimum Gasteiger partial charge on any atom is -0.508 e. The Bertz CT molecular complexity index is 5270. The Morgan fingerprint density at radius 3 is 0.771 bits per heavy atom. The maximum Gasteiger partial charge on any atom is 0.157 e. The van der Waals surface area contributed by atoms with Gasteiger partial charge in [-0.3, -0.25) is 0 Å². The standard InChI is InChI=1S/C75H62O30/c76-28-16-41(88)51-50(17-28)101-68(24-2-7-31(78)37(84)12-24)63(97)59(51)53-43(90)20-45(92)55-61(65(99)70(103-73(53)55)26-4-9-33(80)39(86)14-26)57-47(94)22-48(95)58-62(66(100)71(105-75(57)58)27-5-10-34(81)40(87)15-27)56-46(93)21-44(91)54-60(64(98)69(104-74(54)56)25-3-8-32(79)38(85)13-25)52-42(89)19-35(82)29-18-49(96)67(102-72(29)52)23-1-6-30(77)36(83)11-23/h1-17,19-22,49,59-71,76-100H,18H2/t49-,59-,60-,61-,62+,63+,64-,65+,66+,67-,68-,69-,70?,71-/m1/s1. The second-order valence-corrected chi connectivity index (χ2v) is 26.3. The van der Waals surface area contributed by atoms with Crippen LogP contribution in [0.25, 0.3) is 0 Å². The van der Waals surface area contributed by atoms with Crippen LogP contribution in [0.1, 0.15) is 132 Å². The molecule has 0 aromatic heterocycles. The van der Waals surface area contributed by atoms with Gasteiger partial charge in [0, 0.05) is 92.9 Å². The highest BCUT2D eigenvalue weighted by Gasteiger charge is 2.55. The fourth-order valence-corrected chi connectivity index (χ4v) is 15.4. The third-order valence-corrected chi connectivity index (χ3v) is 20.2. The number of hydrogen-bond donors (Lipinski definition) is 25. The van der Waals surface area contributed by atoms with E-state index >= 15 is 0 Å². The molecule has 14 atom stereocenters. The molecule has 30 nitrogen and oxygen atoms in total. The molecule has 30 heteroatoms. The van der Waals surface area contributed by atoms with Crippen LogP contribution in [0.5, 0.6) is 144 Å². The molecule has 0 radical (unpaired) electrons. The van der Waals surface area contributed by atoms with Crippen molar-refractivity contribution in [2.45, 2.75) is 91.1 Å². The Hall–Kier alpha value is -13.0. The molecule has 25 N–H and O–H groups in total. The fraction of sp³-hybridized carbons (Fsp3) is 0.200. The number of fused-ring (bicyclic) bond motifs is 5. The quantitative estimate of drug-likeness (QED) is 0.0628. The summed E-state index contributed by atoms with van der Waals surface area (Å²) in [6, 6.07) is 20.7. The van der Waals surface area contributed by atoms with Gasteiger partial charge in [0.25, 0.3) is 0 Å². The van der Waals surface area contributed by atoms with E-state index in [2.05, 4.69) is 0 Å². The van der Waals surface area contributed by atoms with Gasteiger partial charge in [-0.05, 0) is 88.5 Å². The van der Waals surface area contributed by atoms with Crippen molar-refractivity contribution in [2.24, 2.45) is 0 Å². The van der Waals surface area contributed by atoms with Gasteiger partial charge in [0.2, 0.25) is 0 Å². The predicted octanol–water partition coefficient (Wildman–Crippen LogP) is 7.34. The minimum absolute atomic E-state index is 0.0287. The van der Waals surface area contributed by atoms with Gasteiger partial charge in [0.15, 0.2) is 81.9 Å². The summed E-state index contributed by atoms with van der Waals surface area (Å²) in [5.74, 6) is -27.3. The summed E-state index contributed by atoms with van der Waals surface area (Å²) < 4.78 is 32.8. The maximum atomic E-state index is 13.4. The highest BCUT2D eigenvalue weighted by molar-refractivity contribution is 5.75. The smallest absolute Gasteiger partial charge is 0.157 e. The molecule has 0 spiro atoms. The lowest BCUT2D eigenvalue weighted by Gasteiger charge is -2.45. The van der Waals surface area contributed by atoms with Crippen molar-refractivity contribution in [3.05, 3.63) is 205 Å². The van der Waals surface area contributed by atoms with Gasteiger partial charge in [0.05, 0.1) is 29.8 Å². The SMILES string of the molecule is Oc1cc(O)c2c(c1)O[C@H](c1ccc(O)c(O)c1)[C@@H](O)[C@H]2c1c(O)cc(O)c2c1OC(c1ccc(O)c(O)c1)[C@@H](O)[C@H]2c1c(O)cc(O)c2c1O[C@H](c1ccc(O)c(O)c1)[C@@H](O)[C@H]2c1c(O)cc(O)c2c1O[C@H](c1ccc(O)c(O)c1)[C@H](O)[C@@H]2c1c(O)cc(O)c2c1O[C@H](c1ccc(O)c(O)c1)[C@H](O)C2. The van der Waals surface area contributed by atoms with E-state index in [1.165, 1.54) is 18.2 Å². The third-order valence-electron chi connectivity index (χ3n) is 20.2. The van der Waals surface area contributed by atoms with E-state index in [1.807, 2.05) is 0 Å². The van der Waals surface area contributed by atoms with Crippen LogP contribution >= 0.6 is 0 Å². The molecule has 0 amide bonds. The van der Waals surface area contributed by atoms with Gasteiger partial charge in [-0.1, -0.05) is 30.3 Å². The fourth-order valence-electron chi connectivity index (χ4n) is 15.4. The highest BCUT2D eigenvalue weighted by Crippen LogP contribution is 2.67. The first-order chi connectivity index (χ1) is 49.9. The summed E-state index contributed by atoms with van der Waals surface area (Å²) in [6.45, 7) is 0. The molecule has 0 saturated heterocycles. The summed E-state index contributed by atoms with van der Waals surface area (Å²) in [5.41, 5.74) is -5.67. The molecule has 10 aromatic rings. The summed E-state index contributed by atoms with van der Waals surface area (Å²) in [4.78, 5) is 0. The van der Waals surface area contributed by atoms with Gasteiger partial charge in [-0.15, -0.1) is 0 Å². The second kappa shape index (κ2) is 24.6. The van der Waals surface area contributed by atoms with Crippen molar-refractivity contribution in [3.63, 3.8) is 0 Å². The number of aliphatic hydroxyl groups is 5. The Kier molecular flexibility index (Phi) is 15.9. The average molecular weight is 1440 g/mol. The first kappa shape index (κ1) is 67.8. The molecule has 542 valence electrons. The summed E-state index contributed by atoms with van der Waals surface area (Å²) >= 11 is 0. The zero-order chi connectivity index (χ0) is 74.7. The van der Waals surface area contributed by atoms with E-state index in [-0.39, 0.29) is 44.7 Å². The van der Waals surface area contributed by atoms with Crippen LogP contribution in [0.3, 0.4) is 0 Å². The van der Waals surface area contributed by atoms with Gasteiger partial charge in [-0.25, -0.2) is 0 Å². The monoisotopic (exact) mass is 1440 g/mol. The van der Waals surface area contributed by atoms with Gasteiger partial charge < -0.3 is 151 Å². The molecule has 10 aromatic carbocycles. The first-order valence-corrected chi connectivity index (χ1v) is 32.1. The first-order valence-electron chi connectivity index (χ1n) is 32.1. The minimum atomic E-state index is -2.31. The van der Waals surface area contributed by atoms with E-state index in [1.54, 1.807) is 0 Å². The lowest BCUT2D eigenvalue weighted by molar-refractivity contribution is -0.0101. The molecule has 5 aliphatic heterocycles. The predicted molar refractivity (Wildman–Crippen MR) is 356 cm³/mol. The number of benzene rings is 10. The summed E-state index contributed by atoms with van der Waals surface area (Å²) in [6.07, 6.45) is -19.9. The number of phenols is 20. The van der Waals surface area contributed by atoms with E-state index in [0.717, 1.165) is 91.0 Å². The van der Waals surface area contributed by atoms with Crippen molar-refractivity contribution >= 4 is 0 Å². The third kappa shape index (κ3) is 10.7.